The SMILES string of the molecule is COc1c(Br)cc2c(c1CCC=O)CCCC2. The van der Waals surface area contributed by atoms with E-state index in [4.69, 9.17) is 4.74 Å². The van der Waals surface area contributed by atoms with Gasteiger partial charge in [-0.05, 0) is 70.8 Å². The van der Waals surface area contributed by atoms with Gasteiger partial charge in [0.1, 0.15) is 12.0 Å². The fourth-order valence-electron chi connectivity index (χ4n) is 2.62. The van der Waals surface area contributed by atoms with Crippen LogP contribution in [0, 0.1) is 0 Å². The van der Waals surface area contributed by atoms with Crippen LogP contribution in [-0.2, 0) is 24.1 Å². The molecule has 0 saturated heterocycles. The van der Waals surface area contributed by atoms with Gasteiger partial charge in [0.05, 0.1) is 11.6 Å². The van der Waals surface area contributed by atoms with Crippen LogP contribution in [-0.4, -0.2) is 13.4 Å². The first-order valence-corrected chi connectivity index (χ1v) is 6.88. The zero-order valence-corrected chi connectivity index (χ0v) is 11.7. The van der Waals surface area contributed by atoms with Crippen molar-refractivity contribution in [2.45, 2.75) is 38.5 Å². The molecule has 3 heteroatoms. The van der Waals surface area contributed by atoms with E-state index in [1.54, 1.807) is 7.11 Å². The second-order valence-electron chi connectivity index (χ2n) is 4.42. The molecule has 2 rings (SSSR count). The van der Waals surface area contributed by atoms with Crippen LogP contribution in [0.4, 0.5) is 0 Å². The summed E-state index contributed by atoms with van der Waals surface area (Å²) >= 11 is 3.56. The van der Waals surface area contributed by atoms with E-state index in [-0.39, 0.29) is 0 Å². The molecule has 2 nitrogen and oxygen atoms in total. The zero-order chi connectivity index (χ0) is 12.3. The lowest BCUT2D eigenvalue weighted by molar-refractivity contribution is -0.107. The van der Waals surface area contributed by atoms with Gasteiger partial charge in [0.15, 0.2) is 0 Å². The van der Waals surface area contributed by atoms with Gasteiger partial charge in [0.2, 0.25) is 0 Å². The molecule has 0 fully saturated rings. The van der Waals surface area contributed by atoms with Crippen molar-refractivity contribution in [2.24, 2.45) is 0 Å². The zero-order valence-electron chi connectivity index (χ0n) is 10.1. The molecule has 0 atom stereocenters. The van der Waals surface area contributed by atoms with Crippen LogP contribution in [0.1, 0.15) is 36.0 Å². The summed E-state index contributed by atoms with van der Waals surface area (Å²) in [7, 11) is 1.69. The van der Waals surface area contributed by atoms with Gasteiger partial charge in [-0.2, -0.15) is 0 Å². The Morgan fingerprint density at radius 1 is 1.41 bits per heavy atom. The van der Waals surface area contributed by atoms with Crippen molar-refractivity contribution in [1.82, 2.24) is 0 Å². The summed E-state index contributed by atoms with van der Waals surface area (Å²) in [4.78, 5) is 10.6. The Balaban J connectivity index is 2.48. The summed E-state index contributed by atoms with van der Waals surface area (Å²) < 4.78 is 6.49. The van der Waals surface area contributed by atoms with Gasteiger partial charge in [-0.25, -0.2) is 0 Å². The molecule has 17 heavy (non-hydrogen) atoms. The molecule has 0 radical (unpaired) electrons. The topological polar surface area (TPSA) is 26.3 Å². The third kappa shape index (κ3) is 2.54. The maximum absolute atomic E-state index is 10.6. The Labute approximate surface area is 110 Å². The minimum Gasteiger partial charge on any atom is -0.495 e. The van der Waals surface area contributed by atoms with Gasteiger partial charge in [-0.3, -0.25) is 0 Å². The Bertz CT molecular complexity index is 427. The molecular weight excluding hydrogens is 280 g/mol. The van der Waals surface area contributed by atoms with E-state index in [1.165, 1.54) is 29.5 Å². The average molecular weight is 297 g/mol. The van der Waals surface area contributed by atoms with Crippen LogP contribution in [0.25, 0.3) is 0 Å². The maximum Gasteiger partial charge on any atom is 0.136 e. The second kappa shape index (κ2) is 5.67. The average Bonchev–Trinajstić information content (AvgIpc) is 2.35. The number of aldehydes is 1. The van der Waals surface area contributed by atoms with Crippen LogP contribution in [0.15, 0.2) is 10.5 Å². The molecule has 0 unspecified atom stereocenters. The number of carbonyl (C=O) groups is 1. The monoisotopic (exact) mass is 296 g/mol. The molecule has 0 N–H and O–H groups in total. The lowest BCUT2D eigenvalue weighted by Crippen LogP contribution is -2.09. The van der Waals surface area contributed by atoms with Gasteiger partial charge in [-0.1, -0.05) is 0 Å². The molecule has 92 valence electrons. The molecule has 0 saturated carbocycles. The maximum atomic E-state index is 10.6. The fourth-order valence-corrected chi connectivity index (χ4v) is 3.30. The molecule has 0 aromatic heterocycles. The van der Waals surface area contributed by atoms with Gasteiger partial charge >= 0.3 is 0 Å². The summed E-state index contributed by atoms with van der Waals surface area (Å²) in [6, 6.07) is 2.18. The number of ether oxygens (including phenoxy) is 1. The van der Waals surface area contributed by atoms with E-state index in [9.17, 15) is 4.79 Å². The highest BCUT2D eigenvalue weighted by Crippen LogP contribution is 2.37. The third-order valence-electron chi connectivity index (χ3n) is 3.38. The van der Waals surface area contributed by atoms with Gasteiger partial charge in [-0.15, -0.1) is 0 Å². The first-order chi connectivity index (χ1) is 8.27. The highest BCUT2D eigenvalue weighted by atomic mass is 79.9. The van der Waals surface area contributed by atoms with Crippen molar-refractivity contribution in [3.05, 3.63) is 27.2 Å². The number of methoxy groups -OCH3 is 1. The van der Waals surface area contributed by atoms with Crippen LogP contribution >= 0.6 is 15.9 Å². The third-order valence-corrected chi connectivity index (χ3v) is 3.97. The number of hydrogen-bond donors (Lipinski definition) is 0. The summed E-state index contributed by atoms with van der Waals surface area (Å²) in [5.41, 5.74) is 4.06. The normalized spacial score (nSPS) is 14.2. The number of benzene rings is 1. The summed E-state index contributed by atoms with van der Waals surface area (Å²) in [6.07, 6.45) is 7.10. The summed E-state index contributed by atoms with van der Waals surface area (Å²) in [6.45, 7) is 0. The Kier molecular flexibility index (Phi) is 4.21. The van der Waals surface area contributed by atoms with Crippen molar-refractivity contribution in [3.63, 3.8) is 0 Å². The van der Waals surface area contributed by atoms with Crippen LogP contribution in [0.2, 0.25) is 0 Å². The van der Waals surface area contributed by atoms with Crippen molar-refractivity contribution in [3.8, 4) is 5.75 Å². The number of hydrogen-bond acceptors (Lipinski definition) is 2. The van der Waals surface area contributed by atoms with Gasteiger partial charge in [0, 0.05) is 6.42 Å². The predicted molar refractivity (Wildman–Crippen MR) is 71.7 cm³/mol. The van der Waals surface area contributed by atoms with Crippen molar-refractivity contribution < 1.29 is 9.53 Å². The van der Waals surface area contributed by atoms with E-state index >= 15 is 0 Å². The summed E-state index contributed by atoms with van der Waals surface area (Å²) in [5, 5.41) is 0. The van der Waals surface area contributed by atoms with E-state index < -0.39 is 0 Å². The van der Waals surface area contributed by atoms with Crippen LogP contribution in [0.5, 0.6) is 5.75 Å². The molecule has 0 amide bonds. The molecule has 0 heterocycles. The second-order valence-corrected chi connectivity index (χ2v) is 5.27. The van der Waals surface area contributed by atoms with E-state index in [0.717, 1.165) is 35.8 Å². The van der Waals surface area contributed by atoms with E-state index in [1.807, 2.05) is 0 Å². The molecule has 0 spiro atoms. The minimum absolute atomic E-state index is 0.569. The lowest BCUT2D eigenvalue weighted by Gasteiger charge is -2.22. The molecule has 1 aliphatic carbocycles. The largest absolute Gasteiger partial charge is 0.495 e. The predicted octanol–water partition coefficient (Wildman–Crippen LogP) is 3.47. The Morgan fingerprint density at radius 3 is 2.88 bits per heavy atom. The standard InChI is InChI=1S/C14H17BrO2/c1-17-14-12(7-4-8-16)11-6-3-2-5-10(11)9-13(14)15/h8-9H,2-7H2,1H3. The molecule has 0 aliphatic heterocycles. The number of halogens is 1. The van der Waals surface area contributed by atoms with Gasteiger partial charge < -0.3 is 9.53 Å². The van der Waals surface area contributed by atoms with Crippen molar-refractivity contribution >= 4 is 22.2 Å². The first kappa shape index (κ1) is 12.6. The van der Waals surface area contributed by atoms with Crippen LogP contribution < -0.4 is 4.74 Å². The number of carbonyl (C=O) groups excluding carboxylic acids is 1. The molecule has 1 aliphatic rings. The van der Waals surface area contributed by atoms with Crippen molar-refractivity contribution in [2.75, 3.05) is 7.11 Å². The Morgan fingerprint density at radius 2 is 2.18 bits per heavy atom. The lowest BCUT2D eigenvalue weighted by atomic mass is 9.86. The first-order valence-electron chi connectivity index (χ1n) is 6.08. The molecule has 1 aromatic rings. The summed E-state index contributed by atoms with van der Waals surface area (Å²) in [5.74, 6) is 0.910. The van der Waals surface area contributed by atoms with Crippen LogP contribution in [0.3, 0.4) is 0 Å². The quantitative estimate of drug-likeness (QED) is 0.795. The molecular formula is C14H17BrO2. The highest BCUT2D eigenvalue weighted by molar-refractivity contribution is 9.10. The van der Waals surface area contributed by atoms with E-state index in [0.29, 0.717) is 6.42 Å². The molecule has 1 aromatic carbocycles. The molecule has 0 bridgehead atoms. The van der Waals surface area contributed by atoms with Crippen molar-refractivity contribution in [1.29, 1.82) is 0 Å². The number of aryl methyl sites for hydroxylation is 1. The minimum atomic E-state index is 0.569. The highest BCUT2D eigenvalue weighted by Gasteiger charge is 2.19. The fraction of sp³-hybridized carbons (Fsp3) is 0.500. The smallest absolute Gasteiger partial charge is 0.136 e. The van der Waals surface area contributed by atoms with E-state index in [2.05, 4.69) is 22.0 Å². The Hall–Kier alpha value is -0.830. The number of rotatable bonds is 4. The van der Waals surface area contributed by atoms with Gasteiger partial charge in [0.25, 0.3) is 0 Å². The number of fused-ring (bicyclic) bond motifs is 1.